The number of esters is 2. The van der Waals surface area contributed by atoms with Gasteiger partial charge in [0.1, 0.15) is 17.4 Å². The molecule has 0 atom stereocenters. The lowest BCUT2D eigenvalue weighted by Crippen LogP contribution is -2.03. The Balaban J connectivity index is 1.75. The molecule has 0 unspecified atom stereocenters. The molecule has 0 heterocycles. The minimum Gasteiger partial charge on any atom is -0.463 e. The molecule has 0 aliphatic rings. The monoisotopic (exact) mass is 462 g/mol. The van der Waals surface area contributed by atoms with Crippen molar-refractivity contribution in [2.75, 3.05) is 6.61 Å². The van der Waals surface area contributed by atoms with Gasteiger partial charge in [0.15, 0.2) is 0 Å². The van der Waals surface area contributed by atoms with E-state index < -0.39 is 23.6 Å². The van der Waals surface area contributed by atoms with Gasteiger partial charge >= 0.3 is 11.9 Å². The normalized spacial score (nSPS) is 10.4. The van der Waals surface area contributed by atoms with E-state index in [4.69, 9.17) is 9.47 Å². The van der Waals surface area contributed by atoms with Gasteiger partial charge in [-0.25, -0.2) is 18.4 Å². The number of hydrogen-bond acceptors (Lipinski definition) is 4. The molecule has 0 saturated heterocycles. The van der Waals surface area contributed by atoms with Crippen LogP contribution in [0.1, 0.15) is 17.5 Å². The van der Waals surface area contributed by atoms with Gasteiger partial charge in [0.25, 0.3) is 0 Å². The van der Waals surface area contributed by atoms with E-state index in [1.54, 1.807) is 42.5 Å². The molecule has 3 aromatic rings. The Bertz CT molecular complexity index is 1250. The van der Waals surface area contributed by atoms with Gasteiger partial charge in [-0.2, -0.15) is 0 Å². The Morgan fingerprint density at radius 3 is 2.15 bits per heavy atom. The number of rotatable bonds is 9. The van der Waals surface area contributed by atoms with Crippen molar-refractivity contribution in [1.29, 1.82) is 0 Å². The van der Waals surface area contributed by atoms with Gasteiger partial charge in [0, 0.05) is 17.7 Å². The van der Waals surface area contributed by atoms with Gasteiger partial charge < -0.3 is 9.47 Å². The minimum absolute atomic E-state index is 0.166. The molecule has 0 bridgehead atoms. The van der Waals surface area contributed by atoms with E-state index in [1.807, 2.05) is 6.92 Å². The molecule has 0 radical (unpaired) electrons. The second-order valence-electron chi connectivity index (χ2n) is 7.58. The van der Waals surface area contributed by atoms with E-state index in [-0.39, 0.29) is 12.2 Å². The third kappa shape index (κ3) is 6.04. The Kier molecular flexibility index (Phi) is 8.09. The van der Waals surface area contributed by atoms with Crippen LogP contribution in [0.2, 0.25) is 0 Å². The topological polar surface area (TPSA) is 52.6 Å². The summed E-state index contributed by atoms with van der Waals surface area (Å²) < 4.78 is 39.6. The average Bonchev–Trinajstić information content (AvgIpc) is 2.82. The van der Waals surface area contributed by atoms with E-state index in [2.05, 4.69) is 13.2 Å². The first-order valence-electron chi connectivity index (χ1n) is 10.6. The predicted molar refractivity (Wildman–Crippen MR) is 127 cm³/mol. The van der Waals surface area contributed by atoms with Crippen LogP contribution < -0.4 is 4.74 Å². The van der Waals surface area contributed by atoms with Gasteiger partial charge in [0.05, 0.1) is 6.61 Å². The maximum atomic E-state index is 15.0. The lowest BCUT2D eigenvalue weighted by atomic mass is 9.96. The first-order chi connectivity index (χ1) is 16.3. The van der Waals surface area contributed by atoms with Crippen LogP contribution >= 0.6 is 0 Å². The summed E-state index contributed by atoms with van der Waals surface area (Å²) in [5.74, 6) is -1.63. The van der Waals surface area contributed by atoms with E-state index in [9.17, 15) is 18.4 Å². The number of aryl methyl sites for hydroxylation is 2. The van der Waals surface area contributed by atoms with Crippen molar-refractivity contribution in [3.05, 3.63) is 103 Å². The molecule has 0 fully saturated rings. The second-order valence-corrected chi connectivity index (χ2v) is 7.58. The highest BCUT2D eigenvalue weighted by Crippen LogP contribution is 2.32. The SMILES string of the molecule is C=CC(=O)OCCCc1ccc(-c2ccc(-c3ccc(OC(=O)C=C)cc3C)cc2F)cc1F. The van der Waals surface area contributed by atoms with Crippen LogP contribution in [0.25, 0.3) is 22.3 Å². The quantitative estimate of drug-likeness (QED) is 0.161. The van der Waals surface area contributed by atoms with Gasteiger partial charge in [-0.05, 0) is 71.8 Å². The van der Waals surface area contributed by atoms with Crippen LogP contribution in [0.15, 0.2) is 79.9 Å². The summed E-state index contributed by atoms with van der Waals surface area (Å²) >= 11 is 0. The standard InChI is InChI=1S/C28H24F2O4/c1-4-27(31)33-14-6-7-19-8-9-21(16-25(19)29)24-12-10-20(17-26(24)30)23-13-11-22(15-18(23)3)34-28(32)5-2/h4-5,8-13,15-17H,1-2,6-7,14H2,3H3. The lowest BCUT2D eigenvalue weighted by molar-refractivity contribution is -0.137. The Labute approximate surface area is 197 Å². The highest BCUT2D eigenvalue weighted by molar-refractivity contribution is 5.83. The molecule has 3 rings (SSSR count). The molecule has 0 aromatic heterocycles. The van der Waals surface area contributed by atoms with Crippen LogP contribution in [0, 0.1) is 18.6 Å². The second kappa shape index (κ2) is 11.2. The van der Waals surface area contributed by atoms with Crippen LogP contribution in [0.4, 0.5) is 8.78 Å². The van der Waals surface area contributed by atoms with Crippen LogP contribution in [0.3, 0.4) is 0 Å². The highest BCUT2D eigenvalue weighted by Gasteiger charge is 2.12. The molecule has 0 aliphatic heterocycles. The molecule has 34 heavy (non-hydrogen) atoms. The average molecular weight is 462 g/mol. The third-order valence-electron chi connectivity index (χ3n) is 5.23. The first kappa shape index (κ1) is 24.6. The molecule has 3 aromatic carbocycles. The van der Waals surface area contributed by atoms with Crippen molar-refractivity contribution < 1.29 is 27.8 Å². The van der Waals surface area contributed by atoms with Crippen LogP contribution in [-0.2, 0) is 20.7 Å². The summed E-state index contributed by atoms with van der Waals surface area (Å²) in [6.07, 6.45) is 3.00. The van der Waals surface area contributed by atoms with Gasteiger partial charge in [-0.3, -0.25) is 0 Å². The molecule has 0 spiro atoms. The summed E-state index contributed by atoms with van der Waals surface area (Å²) in [7, 11) is 0. The zero-order valence-corrected chi connectivity index (χ0v) is 18.8. The molecule has 174 valence electrons. The van der Waals surface area contributed by atoms with Crippen molar-refractivity contribution in [3.8, 4) is 28.0 Å². The van der Waals surface area contributed by atoms with E-state index >= 15 is 0 Å². The fourth-order valence-electron chi connectivity index (χ4n) is 3.51. The van der Waals surface area contributed by atoms with E-state index in [1.165, 1.54) is 12.1 Å². The van der Waals surface area contributed by atoms with Gasteiger partial charge in [0.2, 0.25) is 0 Å². The summed E-state index contributed by atoms with van der Waals surface area (Å²) in [5.41, 5.74) is 3.39. The fourth-order valence-corrected chi connectivity index (χ4v) is 3.51. The molecule has 6 heteroatoms. The number of carbonyl (C=O) groups excluding carboxylic acids is 2. The van der Waals surface area contributed by atoms with Crippen LogP contribution in [0.5, 0.6) is 5.75 Å². The molecular formula is C28H24F2O4. The smallest absolute Gasteiger partial charge is 0.335 e. The number of halogens is 2. The minimum atomic E-state index is -0.558. The highest BCUT2D eigenvalue weighted by atomic mass is 19.1. The predicted octanol–water partition coefficient (Wildman–Crippen LogP) is 6.36. The van der Waals surface area contributed by atoms with Crippen molar-refractivity contribution in [2.45, 2.75) is 19.8 Å². The number of benzene rings is 3. The molecule has 0 N–H and O–H groups in total. The van der Waals surface area contributed by atoms with Crippen molar-refractivity contribution >= 4 is 11.9 Å². The maximum Gasteiger partial charge on any atom is 0.335 e. The molecule has 4 nitrogen and oxygen atoms in total. The van der Waals surface area contributed by atoms with E-state index in [0.29, 0.717) is 35.3 Å². The lowest BCUT2D eigenvalue weighted by Gasteiger charge is -2.12. The number of hydrogen-bond donors (Lipinski definition) is 0. The van der Waals surface area contributed by atoms with Gasteiger partial charge in [-0.15, -0.1) is 0 Å². The largest absolute Gasteiger partial charge is 0.463 e. The molecule has 0 amide bonds. The first-order valence-corrected chi connectivity index (χ1v) is 10.6. The Hall–Kier alpha value is -4.06. The Morgan fingerprint density at radius 1 is 0.853 bits per heavy atom. The zero-order valence-electron chi connectivity index (χ0n) is 18.8. The molecule has 0 saturated carbocycles. The van der Waals surface area contributed by atoms with Crippen molar-refractivity contribution in [2.24, 2.45) is 0 Å². The number of carbonyl (C=O) groups is 2. The van der Waals surface area contributed by atoms with Crippen molar-refractivity contribution in [3.63, 3.8) is 0 Å². The Morgan fingerprint density at radius 2 is 1.50 bits per heavy atom. The zero-order chi connectivity index (χ0) is 24.7. The summed E-state index contributed by atoms with van der Waals surface area (Å²) in [6.45, 7) is 8.68. The maximum absolute atomic E-state index is 15.0. The summed E-state index contributed by atoms with van der Waals surface area (Å²) in [6, 6.07) is 14.4. The third-order valence-corrected chi connectivity index (χ3v) is 5.23. The summed E-state index contributed by atoms with van der Waals surface area (Å²) in [5, 5.41) is 0. The van der Waals surface area contributed by atoms with E-state index in [0.717, 1.165) is 23.3 Å². The van der Waals surface area contributed by atoms with Crippen molar-refractivity contribution in [1.82, 2.24) is 0 Å². The van der Waals surface area contributed by atoms with Gasteiger partial charge in [-0.1, -0.05) is 43.5 Å². The number of ether oxygens (including phenoxy) is 2. The molecule has 0 aliphatic carbocycles. The fraction of sp³-hybridized carbons (Fsp3) is 0.143. The summed E-state index contributed by atoms with van der Waals surface area (Å²) in [4.78, 5) is 22.4. The van der Waals surface area contributed by atoms with Crippen LogP contribution in [-0.4, -0.2) is 18.5 Å². The molecular weight excluding hydrogens is 438 g/mol.